The third-order valence-electron chi connectivity index (χ3n) is 4.78. The van der Waals surface area contributed by atoms with Crippen molar-refractivity contribution in [1.82, 2.24) is 24.1 Å². The van der Waals surface area contributed by atoms with Crippen LogP contribution in [0.2, 0.25) is 0 Å². The molecule has 0 fully saturated rings. The van der Waals surface area contributed by atoms with Gasteiger partial charge in [0.2, 0.25) is 0 Å². The Morgan fingerprint density at radius 2 is 1.94 bits per heavy atom. The molecule has 0 spiro atoms. The predicted molar refractivity (Wildman–Crippen MR) is 124 cm³/mol. The third-order valence-corrected chi connectivity index (χ3v) is 5.56. The van der Waals surface area contributed by atoms with Crippen LogP contribution in [0.3, 0.4) is 0 Å². The molecule has 0 aliphatic carbocycles. The fourth-order valence-corrected chi connectivity index (χ4v) is 3.99. The van der Waals surface area contributed by atoms with E-state index >= 15 is 0 Å². The molecule has 4 heterocycles. The van der Waals surface area contributed by atoms with Crippen LogP contribution >= 0.6 is 11.3 Å². The third kappa shape index (κ3) is 4.97. The molecule has 4 rings (SSSR count). The van der Waals surface area contributed by atoms with Gasteiger partial charge < -0.3 is 9.13 Å². The minimum Gasteiger partial charge on any atom is -0.339 e. The maximum absolute atomic E-state index is 12.8. The first-order valence-corrected chi connectivity index (χ1v) is 10.9. The van der Waals surface area contributed by atoms with Crippen molar-refractivity contribution in [3.05, 3.63) is 82.9 Å². The van der Waals surface area contributed by atoms with Crippen LogP contribution in [0.1, 0.15) is 53.0 Å². The molecule has 4 aromatic rings. The van der Waals surface area contributed by atoms with Gasteiger partial charge in [0, 0.05) is 49.7 Å². The molecule has 8 heteroatoms. The van der Waals surface area contributed by atoms with Gasteiger partial charge in [-0.05, 0) is 42.0 Å². The van der Waals surface area contributed by atoms with Crippen molar-refractivity contribution in [3.8, 4) is 0 Å². The summed E-state index contributed by atoms with van der Waals surface area (Å²) in [6.07, 6.45) is 11.2. The van der Waals surface area contributed by atoms with Crippen molar-refractivity contribution in [1.29, 1.82) is 0 Å². The molecule has 0 atom stereocenters. The SMILES string of the molecule is CC(C)c1nc(C=Cc2csc(NC(=O)c3cccn3Cc3ccncc3)n2)cn1C. The maximum atomic E-state index is 12.8. The average Bonchev–Trinajstić information content (AvgIpc) is 3.47. The van der Waals surface area contributed by atoms with Crippen LogP contribution in [0.15, 0.2) is 54.4 Å². The van der Waals surface area contributed by atoms with E-state index in [1.165, 1.54) is 11.3 Å². The minimum atomic E-state index is -0.185. The van der Waals surface area contributed by atoms with E-state index in [-0.39, 0.29) is 5.91 Å². The normalized spacial score (nSPS) is 11.5. The second-order valence-corrected chi connectivity index (χ2v) is 8.39. The van der Waals surface area contributed by atoms with Crippen molar-refractivity contribution < 1.29 is 4.79 Å². The first-order chi connectivity index (χ1) is 15.0. The Bertz CT molecular complexity index is 1200. The van der Waals surface area contributed by atoms with Gasteiger partial charge >= 0.3 is 0 Å². The monoisotopic (exact) mass is 432 g/mol. The van der Waals surface area contributed by atoms with E-state index in [1.54, 1.807) is 18.5 Å². The van der Waals surface area contributed by atoms with Gasteiger partial charge in [0.15, 0.2) is 5.13 Å². The largest absolute Gasteiger partial charge is 0.339 e. The number of nitrogens with zero attached hydrogens (tertiary/aromatic N) is 5. The molecule has 1 amide bonds. The highest BCUT2D eigenvalue weighted by Crippen LogP contribution is 2.20. The Labute approximate surface area is 185 Å². The van der Waals surface area contributed by atoms with Crippen molar-refractivity contribution >= 4 is 34.5 Å². The van der Waals surface area contributed by atoms with Crippen molar-refractivity contribution in [2.45, 2.75) is 26.3 Å². The lowest BCUT2D eigenvalue weighted by molar-refractivity contribution is 0.101. The highest BCUT2D eigenvalue weighted by Gasteiger charge is 2.13. The molecule has 0 saturated carbocycles. The summed E-state index contributed by atoms with van der Waals surface area (Å²) in [6.45, 7) is 4.85. The van der Waals surface area contributed by atoms with Crippen LogP contribution in [0, 0.1) is 0 Å². The lowest BCUT2D eigenvalue weighted by Crippen LogP contribution is -2.17. The highest BCUT2D eigenvalue weighted by atomic mass is 32.1. The molecule has 0 aliphatic heterocycles. The Morgan fingerprint density at radius 1 is 1.16 bits per heavy atom. The minimum absolute atomic E-state index is 0.185. The number of thiazole rings is 1. The second kappa shape index (κ2) is 9.09. The van der Waals surface area contributed by atoms with Crippen LogP contribution in [0.5, 0.6) is 0 Å². The summed E-state index contributed by atoms with van der Waals surface area (Å²) in [5, 5.41) is 5.37. The Morgan fingerprint density at radius 3 is 2.68 bits per heavy atom. The first-order valence-electron chi connectivity index (χ1n) is 10.0. The lowest BCUT2D eigenvalue weighted by atomic mass is 10.2. The van der Waals surface area contributed by atoms with E-state index in [4.69, 9.17) is 0 Å². The molecule has 0 radical (unpaired) electrons. The summed E-state index contributed by atoms with van der Waals surface area (Å²) in [7, 11) is 2.00. The van der Waals surface area contributed by atoms with Crippen LogP contribution in [0.25, 0.3) is 12.2 Å². The number of rotatable bonds is 7. The summed E-state index contributed by atoms with van der Waals surface area (Å²) >= 11 is 1.40. The van der Waals surface area contributed by atoms with Crippen LogP contribution in [-0.2, 0) is 13.6 Å². The van der Waals surface area contributed by atoms with Gasteiger partial charge in [-0.2, -0.15) is 0 Å². The van der Waals surface area contributed by atoms with E-state index in [0.29, 0.717) is 23.3 Å². The molecule has 158 valence electrons. The van der Waals surface area contributed by atoms with Gasteiger partial charge in [0.25, 0.3) is 5.91 Å². The maximum Gasteiger partial charge on any atom is 0.274 e. The van der Waals surface area contributed by atoms with Gasteiger partial charge in [-0.3, -0.25) is 15.1 Å². The zero-order chi connectivity index (χ0) is 21.8. The van der Waals surface area contributed by atoms with Crippen molar-refractivity contribution in [2.75, 3.05) is 5.32 Å². The topological polar surface area (TPSA) is 77.6 Å². The number of aryl methyl sites for hydroxylation is 1. The van der Waals surface area contributed by atoms with E-state index in [1.807, 2.05) is 64.3 Å². The molecule has 0 aliphatic rings. The summed E-state index contributed by atoms with van der Waals surface area (Å²) in [5.74, 6) is 1.22. The predicted octanol–water partition coefficient (Wildman–Crippen LogP) is 4.67. The zero-order valence-electron chi connectivity index (χ0n) is 17.7. The van der Waals surface area contributed by atoms with E-state index in [2.05, 4.69) is 34.1 Å². The van der Waals surface area contributed by atoms with Gasteiger partial charge in [-0.15, -0.1) is 11.3 Å². The molecule has 0 aromatic carbocycles. The fraction of sp³-hybridized carbons (Fsp3) is 0.217. The van der Waals surface area contributed by atoms with Crippen LogP contribution in [-0.4, -0.2) is 30.0 Å². The summed E-state index contributed by atoms with van der Waals surface area (Å²) < 4.78 is 3.95. The molecule has 0 unspecified atom stereocenters. The van der Waals surface area contributed by atoms with Gasteiger partial charge in [-0.1, -0.05) is 13.8 Å². The number of hydrogen-bond acceptors (Lipinski definition) is 5. The smallest absolute Gasteiger partial charge is 0.274 e. The molecule has 0 bridgehead atoms. The van der Waals surface area contributed by atoms with E-state index < -0.39 is 0 Å². The molecule has 0 saturated heterocycles. The number of imidazole rings is 1. The zero-order valence-corrected chi connectivity index (χ0v) is 18.5. The molecular formula is C23H24N6OS. The van der Waals surface area contributed by atoms with Gasteiger partial charge in [-0.25, -0.2) is 9.97 Å². The lowest BCUT2D eigenvalue weighted by Gasteiger charge is -2.08. The number of aromatic nitrogens is 5. The second-order valence-electron chi connectivity index (χ2n) is 7.53. The van der Waals surface area contributed by atoms with Crippen molar-refractivity contribution in [3.63, 3.8) is 0 Å². The fourth-order valence-electron chi connectivity index (χ4n) is 3.32. The summed E-state index contributed by atoms with van der Waals surface area (Å²) in [5.41, 5.74) is 3.33. The number of nitrogens with one attached hydrogen (secondary N) is 1. The molecule has 31 heavy (non-hydrogen) atoms. The molecular weight excluding hydrogens is 408 g/mol. The summed E-state index contributed by atoms with van der Waals surface area (Å²) in [6, 6.07) is 7.54. The Balaban J connectivity index is 1.42. The van der Waals surface area contributed by atoms with E-state index in [0.717, 1.165) is 22.8 Å². The van der Waals surface area contributed by atoms with Gasteiger partial charge in [0.05, 0.1) is 11.4 Å². The Kier molecular flexibility index (Phi) is 6.08. The number of hydrogen-bond donors (Lipinski definition) is 1. The molecule has 4 aromatic heterocycles. The molecule has 7 nitrogen and oxygen atoms in total. The van der Waals surface area contributed by atoms with Crippen LogP contribution in [0.4, 0.5) is 5.13 Å². The van der Waals surface area contributed by atoms with E-state index in [9.17, 15) is 4.79 Å². The standard InChI is InChI=1S/C23H24N6OS/c1-16(2)21-25-18(14-28(21)3)6-7-19-15-31-23(26-19)27-22(30)20-5-4-12-29(20)13-17-8-10-24-11-9-17/h4-12,14-16H,13H2,1-3H3,(H,26,27,30). The van der Waals surface area contributed by atoms with Crippen LogP contribution < -0.4 is 5.32 Å². The Hall–Kier alpha value is -3.52. The molecule has 1 N–H and O–H groups in total. The number of amides is 1. The average molecular weight is 433 g/mol. The van der Waals surface area contributed by atoms with Crippen molar-refractivity contribution in [2.24, 2.45) is 7.05 Å². The highest BCUT2D eigenvalue weighted by molar-refractivity contribution is 7.14. The summed E-state index contributed by atoms with van der Waals surface area (Å²) in [4.78, 5) is 25.9. The first kappa shape index (κ1) is 20.7. The number of anilines is 1. The van der Waals surface area contributed by atoms with Gasteiger partial charge in [0.1, 0.15) is 11.5 Å². The number of carbonyl (C=O) groups excluding carboxylic acids is 1. The quantitative estimate of drug-likeness (QED) is 0.460. The number of pyridine rings is 1. The number of carbonyl (C=O) groups is 1.